The SMILES string of the molecule is Cc1c(-c2cc3ccc(C(C)(C)O)cc3n2CC2CC2)oc2cc(C=O)ccc12. The highest BCUT2D eigenvalue weighted by Gasteiger charge is 2.27. The van der Waals surface area contributed by atoms with Gasteiger partial charge in [0.05, 0.1) is 11.3 Å². The van der Waals surface area contributed by atoms with E-state index in [4.69, 9.17) is 4.42 Å². The predicted molar refractivity (Wildman–Crippen MR) is 115 cm³/mol. The first-order chi connectivity index (χ1) is 13.8. The maximum absolute atomic E-state index is 11.2. The molecule has 0 radical (unpaired) electrons. The molecule has 0 atom stereocenters. The number of carbonyl (C=O) groups excluding carboxylic acids is 1. The molecular weight excluding hydrogens is 362 g/mol. The van der Waals surface area contributed by atoms with Crippen molar-refractivity contribution in [2.24, 2.45) is 5.92 Å². The van der Waals surface area contributed by atoms with E-state index in [2.05, 4.69) is 29.7 Å². The van der Waals surface area contributed by atoms with Crippen molar-refractivity contribution in [2.75, 3.05) is 0 Å². The zero-order valence-electron chi connectivity index (χ0n) is 17.0. The van der Waals surface area contributed by atoms with Gasteiger partial charge in [-0.3, -0.25) is 4.79 Å². The van der Waals surface area contributed by atoms with Crippen LogP contribution in [0.5, 0.6) is 0 Å². The predicted octanol–water partition coefficient (Wildman–Crippen LogP) is 5.81. The van der Waals surface area contributed by atoms with Gasteiger partial charge in [0.25, 0.3) is 0 Å². The van der Waals surface area contributed by atoms with Crippen LogP contribution < -0.4 is 0 Å². The summed E-state index contributed by atoms with van der Waals surface area (Å²) in [5, 5.41) is 12.7. The van der Waals surface area contributed by atoms with E-state index in [-0.39, 0.29) is 0 Å². The van der Waals surface area contributed by atoms with Gasteiger partial charge in [0, 0.05) is 34.0 Å². The molecule has 2 aromatic carbocycles. The van der Waals surface area contributed by atoms with Gasteiger partial charge in [0.2, 0.25) is 0 Å². The van der Waals surface area contributed by atoms with Crippen molar-refractivity contribution in [3.8, 4) is 11.5 Å². The Hall–Kier alpha value is -2.85. The highest BCUT2D eigenvalue weighted by atomic mass is 16.3. The Labute approximate surface area is 169 Å². The third kappa shape index (κ3) is 3.08. The lowest BCUT2D eigenvalue weighted by atomic mass is 9.97. The van der Waals surface area contributed by atoms with Crippen LogP contribution >= 0.6 is 0 Å². The molecule has 0 saturated heterocycles. The Morgan fingerprint density at radius 2 is 1.97 bits per heavy atom. The minimum atomic E-state index is -0.885. The molecule has 0 amide bonds. The topological polar surface area (TPSA) is 55.4 Å². The number of nitrogens with zero attached hydrogens (tertiary/aromatic N) is 1. The summed E-state index contributed by atoms with van der Waals surface area (Å²) in [4.78, 5) is 11.2. The average molecular weight is 387 g/mol. The Kier molecular flexibility index (Phi) is 3.97. The lowest BCUT2D eigenvalue weighted by Gasteiger charge is -2.18. The third-order valence-corrected chi connectivity index (χ3v) is 6.08. The highest BCUT2D eigenvalue weighted by molar-refractivity contribution is 5.94. The fraction of sp³-hybridized carbons (Fsp3) is 0.320. The molecule has 4 nitrogen and oxygen atoms in total. The first kappa shape index (κ1) is 18.2. The smallest absolute Gasteiger partial charge is 0.154 e. The third-order valence-electron chi connectivity index (χ3n) is 6.08. The van der Waals surface area contributed by atoms with Crippen molar-refractivity contribution in [2.45, 2.75) is 45.8 Å². The van der Waals surface area contributed by atoms with Crippen LogP contribution in [0.3, 0.4) is 0 Å². The molecule has 0 spiro atoms. The summed E-state index contributed by atoms with van der Waals surface area (Å²) < 4.78 is 8.61. The summed E-state index contributed by atoms with van der Waals surface area (Å²) in [5.74, 6) is 1.55. The number of aromatic nitrogens is 1. The summed E-state index contributed by atoms with van der Waals surface area (Å²) in [6.45, 7) is 6.65. The zero-order chi connectivity index (χ0) is 20.3. The second-order valence-electron chi connectivity index (χ2n) is 8.85. The molecule has 29 heavy (non-hydrogen) atoms. The minimum Gasteiger partial charge on any atom is -0.454 e. The van der Waals surface area contributed by atoms with E-state index < -0.39 is 5.60 Å². The standard InChI is InChI=1S/C25H25NO3/c1-15-20-9-6-17(14-27)10-23(20)29-24(15)22-11-18-7-8-19(25(2,3)28)12-21(18)26(22)13-16-4-5-16/h6-12,14,16,28H,4-5,13H2,1-3H3. The molecule has 4 heteroatoms. The second kappa shape index (κ2) is 6.33. The maximum Gasteiger partial charge on any atom is 0.154 e. The molecule has 4 aromatic rings. The van der Waals surface area contributed by atoms with Crippen molar-refractivity contribution in [3.63, 3.8) is 0 Å². The number of fused-ring (bicyclic) bond motifs is 2. The van der Waals surface area contributed by atoms with Crippen LogP contribution in [0.4, 0.5) is 0 Å². The van der Waals surface area contributed by atoms with Crippen LogP contribution in [-0.2, 0) is 12.1 Å². The van der Waals surface area contributed by atoms with E-state index in [9.17, 15) is 9.90 Å². The lowest BCUT2D eigenvalue weighted by Crippen LogP contribution is -2.15. The van der Waals surface area contributed by atoms with Crippen LogP contribution in [0.2, 0.25) is 0 Å². The van der Waals surface area contributed by atoms with Crippen molar-refractivity contribution in [1.29, 1.82) is 0 Å². The van der Waals surface area contributed by atoms with Crippen molar-refractivity contribution < 1.29 is 14.3 Å². The summed E-state index contributed by atoms with van der Waals surface area (Å²) in [6, 6.07) is 14.0. The number of furan rings is 1. The number of aliphatic hydroxyl groups is 1. The van der Waals surface area contributed by atoms with Gasteiger partial charge in [-0.15, -0.1) is 0 Å². The van der Waals surface area contributed by atoms with Crippen LogP contribution in [0.15, 0.2) is 46.9 Å². The van der Waals surface area contributed by atoms with Gasteiger partial charge in [-0.25, -0.2) is 0 Å². The van der Waals surface area contributed by atoms with Gasteiger partial charge in [-0.2, -0.15) is 0 Å². The molecule has 2 aromatic heterocycles. The molecule has 1 aliphatic carbocycles. The fourth-order valence-corrected chi connectivity index (χ4v) is 4.14. The second-order valence-corrected chi connectivity index (χ2v) is 8.85. The number of benzene rings is 2. The fourth-order valence-electron chi connectivity index (χ4n) is 4.14. The van der Waals surface area contributed by atoms with E-state index in [0.717, 1.165) is 57.3 Å². The van der Waals surface area contributed by atoms with Gasteiger partial charge >= 0.3 is 0 Å². The first-order valence-corrected chi connectivity index (χ1v) is 10.2. The van der Waals surface area contributed by atoms with Crippen LogP contribution in [0.1, 0.15) is 48.2 Å². The van der Waals surface area contributed by atoms with Gasteiger partial charge in [0.1, 0.15) is 11.9 Å². The molecule has 2 heterocycles. The molecule has 1 fully saturated rings. The van der Waals surface area contributed by atoms with Gasteiger partial charge in [-0.05, 0) is 63.3 Å². The molecule has 148 valence electrons. The Morgan fingerprint density at radius 3 is 2.66 bits per heavy atom. The van der Waals surface area contributed by atoms with Gasteiger partial charge < -0.3 is 14.1 Å². The number of aryl methyl sites for hydroxylation is 1. The van der Waals surface area contributed by atoms with E-state index in [1.165, 1.54) is 12.8 Å². The first-order valence-electron chi connectivity index (χ1n) is 10.2. The van der Waals surface area contributed by atoms with Gasteiger partial charge in [-0.1, -0.05) is 24.3 Å². The molecule has 1 saturated carbocycles. The lowest BCUT2D eigenvalue weighted by molar-refractivity contribution is 0.0787. The summed E-state index contributed by atoms with van der Waals surface area (Å²) in [6.07, 6.45) is 3.36. The quantitative estimate of drug-likeness (QED) is 0.440. The molecule has 1 aliphatic rings. The van der Waals surface area contributed by atoms with Crippen molar-refractivity contribution >= 4 is 28.2 Å². The van der Waals surface area contributed by atoms with Crippen LogP contribution in [-0.4, -0.2) is 16.0 Å². The van der Waals surface area contributed by atoms with E-state index >= 15 is 0 Å². The zero-order valence-corrected chi connectivity index (χ0v) is 17.0. The molecule has 5 rings (SSSR count). The molecular formula is C25H25NO3. The van der Waals surface area contributed by atoms with E-state index in [1.54, 1.807) is 6.07 Å². The number of hydrogen-bond donors (Lipinski definition) is 1. The summed E-state index contributed by atoms with van der Waals surface area (Å²) in [5.41, 5.74) is 4.64. The van der Waals surface area contributed by atoms with E-state index in [1.807, 2.05) is 32.0 Å². The maximum atomic E-state index is 11.2. The average Bonchev–Trinajstić information content (AvgIpc) is 3.36. The Balaban J connectivity index is 1.74. The van der Waals surface area contributed by atoms with E-state index in [0.29, 0.717) is 11.5 Å². The normalized spacial score (nSPS) is 14.8. The molecule has 0 bridgehead atoms. The number of carbonyl (C=O) groups is 1. The van der Waals surface area contributed by atoms with Crippen molar-refractivity contribution in [3.05, 3.63) is 59.2 Å². The van der Waals surface area contributed by atoms with Crippen molar-refractivity contribution in [1.82, 2.24) is 4.57 Å². The Morgan fingerprint density at radius 1 is 1.17 bits per heavy atom. The number of rotatable bonds is 5. The minimum absolute atomic E-state index is 0.617. The van der Waals surface area contributed by atoms with Crippen LogP contribution in [0, 0.1) is 12.8 Å². The summed E-state index contributed by atoms with van der Waals surface area (Å²) in [7, 11) is 0. The van der Waals surface area contributed by atoms with Gasteiger partial charge in [0.15, 0.2) is 5.76 Å². The number of hydrogen-bond acceptors (Lipinski definition) is 3. The molecule has 0 aliphatic heterocycles. The monoisotopic (exact) mass is 387 g/mol. The molecule has 1 N–H and O–H groups in total. The number of aldehydes is 1. The molecule has 0 unspecified atom stereocenters. The highest BCUT2D eigenvalue weighted by Crippen LogP contribution is 2.40. The largest absolute Gasteiger partial charge is 0.454 e. The summed E-state index contributed by atoms with van der Waals surface area (Å²) >= 11 is 0. The van der Waals surface area contributed by atoms with Crippen LogP contribution in [0.25, 0.3) is 33.3 Å². The Bertz CT molecular complexity index is 1250.